The first-order chi connectivity index (χ1) is 11.7. The van der Waals surface area contributed by atoms with Crippen LogP contribution in [0.3, 0.4) is 0 Å². The zero-order chi connectivity index (χ0) is 16.5. The summed E-state index contributed by atoms with van der Waals surface area (Å²) < 4.78 is 2.77. The summed E-state index contributed by atoms with van der Waals surface area (Å²) in [6, 6.07) is 13.6. The minimum absolute atomic E-state index is 0.214. The smallest absolute Gasteiger partial charge is 0.268 e. The lowest BCUT2D eigenvalue weighted by Gasteiger charge is -2.07. The molecule has 3 aromatic heterocycles. The zero-order valence-electron chi connectivity index (χ0n) is 12.4. The molecule has 1 aromatic carbocycles. The van der Waals surface area contributed by atoms with E-state index < -0.39 is 0 Å². The number of carbonyl (C=O) groups excluding carboxylic acids is 1. The van der Waals surface area contributed by atoms with Gasteiger partial charge in [0.1, 0.15) is 10.7 Å². The maximum absolute atomic E-state index is 12.6. The van der Waals surface area contributed by atoms with Crippen LogP contribution in [0.1, 0.15) is 14.5 Å². The Morgan fingerprint density at radius 1 is 1.21 bits per heavy atom. The Morgan fingerprint density at radius 2 is 2.08 bits per heavy atom. The normalized spacial score (nSPS) is 11.0. The highest BCUT2D eigenvalue weighted by Crippen LogP contribution is 2.35. The number of halogens is 1. The predicted molar refractivity (Wildman–Crippen MR) is 100 cm³/mol. The molecule has 0 saturated carbocycles. The van der Waals surface area contributed by atoms with Gasteiger partial charge >= 0.3 is 0 Å². The Hall–Kier alpha value is -2.15. The van der Waals surface area contributed by atoms with Crippen LogP contribution in [0.5, 0.6) is 0 Å². The standard InChI is InChI=1S/C17H12ClN3OS2/c18-15-12-5-1-2-6-13(12)24-16(15)17(22)20-14-7-8-19-21(14)10-11-4-3-9-23-11/h1-9H,10H2,(H,20,22). The molecule has 120 valence electrons. The third-order valence-electron chi connectivity index (χ3n) is 3.58. The number of anilines is 1. The molecule has 0 unspecified atom stereocenters. The third kappa shape index (κ3) is 2.84. The third-order valence-corrected chi connectivity index (χ3v) is 6.12. The highest BCUT2D eigenvalue weighted by atomic mass is 35.5. The molecule has 4 rings (SSSR count). The minimum Gasteiger partial charge on any atom is -0.306 e. The average Bonchev–Trinajstić information content (AvgIpc) is 3.31. The molecule has 0 aliphatic rings. The molecule has 0 aliphatic heterocycles. The average molecular weight is 374 g/mol. The summed E-state index contributed by atoms with van der Waals surface area (Å²) in [4.78, 5) is 14.3. The molecule has 4 nitrogen and oxygen atoms in total. The summed E-state index contributed by atoms with van der Waals surface area (Å²) in [6.07, 6.45) is 1.68. The molecule has 1 amide bonds. The SMILES string of the molecule is O=C(Nc1ccnn1Cc1cccs1)c1sc2ccccc2c1Cl. The van der Waals surface area contributed by atoms with Crippen LogP contribution < -0.4 is 5.32 Å². The second kappa shape index (κ2) is 6.39. The lowest BCUT2D eigenvalue weighted by Crippen LogP contribution is -2.15. The van der Waals surface area contributed by atoms with E-state index in [-0.39, 0.29) is 5.91 Å². The number of hydrogen-bond acceptors (Lipinski definition) is 4. The predicted octanol–water partition coefficient (Wildman–Crippen LogP) is 5.11. The number of aromatic nitrogens is 2. The molecule has 24 heavy (non-hydrogen) atoms. The number of carbonyl (C=O) groups is 1. The molecule has 0 fully saturated rings. The molecule has 7 heteroatoms. The van der Waals surface area contributed by atoms with Crippen molar-refractivity contribution in [3.8, 4) is 0 Å². The number of amides is 1. The van der Waals surface area contributed by atoms with Crippen molar-refractivity contribution in [2.75, 3.05) is 5.32 Å². The molecule has 0 bridgehead atoms. The van der Waals surface area contributed by atoms with Gasteiger partial charge in [-0.2, -0.15) is 5.10 Å². The van der Waals surface area contributed by atoms with Crippen LogP contribution >= 0.6 is 34.3 Å². The zero-order valence-corrected chi connectivity index (χ0v) is 14.8. The Bertz CT molecular complexity index is 1000. The molecule has 0 atom stereocenters. The van der Waals surface area contributed by atoms with Crippen LogP contribution in [-0.2, 0) is 6.54 Å². The number of fused-ring (bicyclic) bond motifs is 1. The van der Waals surface area contributed by atoms with Gasteiger partial charge in [0.05, 0.1) is 17.8 Å². The van der Waals surface area contributed by atoms with Crippen molar-refractivity contribution in [1.29, 1.82) is 0 Å². The van der Waals surface area contributed by atoms with Gasteiger partial charge in [0.2, 0.25) is 0 Å². The van der Waals surface area contributed by atoms with E-state index in [1.807, 2.05) is 41.8 Å². The van der Waals surface area contributed by atoms with E-state index in [9.17, 15) is 4.79 Å². The van der Waals surface area contributed by atoms with E-state index in [1.165, 1.54) is 16.2 Å². The van der Waals surface area contributed by atoms with Gasteiger partial charge in [-0.15, -0.1) is 22.7 Å². The Balaban J connectivity index is 1.60. The van der Waals surface area contributed by atoms with Gasteiger partial charge in [-0.05, 0) is 17.5 Å². The molecule has 0 radical (unpaired) electrons. The van der Waals surface area contributed by atoms with E-state index in [0.29, 0.717) is 22.3 Å². The summed E-state index contributed by atoms with van der Waals surface area (Å²) in [7, 11) is 0. The Labute approximate surface area is 151 Å². The van der Waals surface area contributed by atoms with Crippen LogP contribution in [0, 0.1) is 0 Å². The largest absolute Gasteiger partial charge is 0.306 e. The van der Waals surface area contributed by atoms with Crippen LogP contribution in [0.4, 0.5) is 5.82 Å². The summed E-state index contributed by atoms with van der Waals surface area (Å²) in [5, 5.41) is 10.6. The second-order valence-electron chi connectivity index (χ2n) is 5.15. The summed E-state index contributed by atoms with van der Waals surface area (Å²) >= 11 is 9.43. The summed E-state index contributed by atoms with van der Waals surface area (Å²) in [5.74, 6) is 0.441. The lowest BCUT2D eigenvalue weighted by atomic mass is 10.2. The number of benzene rings is 1. The van der Waals surface area contributed by atoms with Crippen molar-refractivity contribution in [2.45, 2.75) is 6.54 Å². The van der Waals surface area contributed by atoms with Crippen LogP contribution in [-0.4, -0.2) is 15.7 Å². The first-order valence-electron chi connectivity index (χ1n) is 7.25. The van der Waals surface area contributed by atoms with Crippen LogP contribution in [0.25, 0.3) is 10.1 Å². The molecular weight excluding hydrogens is 362 g/mol. The summed E-state index contributed by atoms with van der Waals surface area (Å²) in [5.41, 5.74) is 0. The van der Waals surface area contributed by atoms with E-state index >= 15 is 0 Å². The molecule has 0 spiro atoms. The van der Waals surface area contributed by atoms with Gasteiger partial charge in [-0.1, -0.05) is 35.9 Å². The van der Waals surface area contributed by atoms with Gasteiger partial charge in [0.25, 0.3) is 5.91 Å². The Morgan fingerprint density at radius 3 is 2.88 bits per heavy atom. The maximum Gasteiger partial charge on any atom is 0.268 e. The van der Waals surface area contributed by atoms with E-state index in [2.05, 4.69) is 10.4 Å². The second-order valence-corrected chi connectivity index (χ2v) is 7.61. The monoisotopic (exact) mass is 373 g/mol. The molecule has 0 saturated heterocycles. The molecule has 1 N–H and O–H groups in total. The van der Waals surface area contributed by atoms with Crippen molar-refractivity contribution in [2.24, 2.45) is 0 Å². The Kier molecular flexibility index (Phi) is 4.10. The fourth-order valence-electron chi connectivity index (χ4n) is 2.45. The number of hydrogen-bond donors (Lipinski definition) is 1. The minimum atomic E-state index is -0.214. The maximum atomic E-state index is 12.6. The fraction of sp³-hybridized carbons (Fsp3) is 0.0588. The van der Waals surface area contributed by atoms with E-state index in [4.69, 9.17) is 11.6 Å². The van der Waals surface area contributed by atoms with E-state index in [1.54, 1.807) is 28.3 Å². The first kappa shape index (κ1) is 15.4. The van der Waals surface area contributed by atoms with Gasteiger partial charge in [0.15, 0.2) is 0 Å². The molecule has 4 aromatic rings. The van der Waals surface area contributed by atoms with Gasteiger partial charge in [-0.3, -0.25) is 4.79 Å². The molecule has 0 aliphatic carbocycles. The van der Waals surface area contributed by atoms with E-state index in [0.717, 1.165) is 10.1 Å². The van der Waals surface area contributed by atoms with Crippen LogP contribution in [0.2, 0.25) is 5.02 Å². The van der Waals surface area contributed by atoms with Crippen molar-refractivity contribution in [3.63, 3.8) is 0 Å². The van der Waals surface area contributed by atoms with Gasteiger partial charge < -0.3 is 5.32 Å². The van der Waals surface area contributed by atoms with Crippen molar-refractivity contribution in [3.05, 3.63) is 68.8 Å². The number of nitrogens with zero attached hydrogens (tertiary/aromatic N) is 2. The number of nitrogens with one attached hydrogen (secondary N) is 1. The van der Waals surface area contributed by atoms with Crippen molar-refractivity contribution < 1.29 is 4.79 Å². The first-order valence-corrected chi connectivity index (χ1v) is 9.32. The van der Waals surface area contributed by atoms with Crippen LogP contribution in [0.15, 0.2) is 54.0 Å². The molecular formula is C17H12ClN3OS2. The van der Waals surface area contributed by atoms with Gasteiger partial charge in [0, 0.05) is 21.0 Å². The fourth-order valence-corrected chi connectivity index (χ4v) is 4.55. The number of thiophene rings is 2. The van der Waals surface area contributed by atoms with Gasteiger partial charge in [-0.25, -0.2) is 4.68 Å². The van der Waals surface area contributed by atoms with Crippen molar-refractivity contribution in [1.82, 2.24) is 9.78 Å². The number of rotatable bonds is 4. The highest BCUT2D eigenvalue weighted by molar-refractivity contribution is 7.21. The summed E-state index contributed by atoms with van der Waals surface area (Å²) in [6.45, 7) is 0.625. The topological polar surface area (TPSA) is 46.9 Å². The lowest BCUT2D eigenvalue weighted by molar-refractivity contribution is 0.102. The van der Waals surface area contributed by atoms with Crippen molar-refractivity contribution >= 4 is 56.1 Å². The molecule has 3 heterocycles. The quantitative estimate of drug-likeness (QED) is 0.540. The highest BCUT2D eigenvalue weighted by Gasteiger charge is 2.18.